The number of fused-ring (bicyclic) bond motifs is 1. The van der Waals surface area contributed by atoms with Gasteiger partial charge in [-0.15, -0.1) is 0 Å². The average molecular weight is 280 g/mol. The monoisotopic (exact) mass is 279 g/mol. The Kier molecular flexibility index (Phi) is 2.68. The van der Waals surface area contributed by atoms with Crippen LogP contribution in [-0.4, -0.2) is 32.9 Å². The standard InChI is InChI=1S/C12H15BClN3O2/c1-11(2)12(3,4)19-13(18-11)8-7-9(14)16-17-6-5-15-10(8)17/h5-7H,1-4H3. The van der Waals surface area contributed by atoms with Crippen LogP contribution in [0.15, 0.2) is 18.5 Å². The van der Waals surface area contributed by atoms with Crippen molar-refractivity contribution >= 4 is 29.8 Å². The van der Waals surface area contributed by atoms with Crippen molar-refractivity contribution in [2.24, 2.45) is 0 Å². The molecule has 2 aromatic heterocycles. The zero-order valence-electron chi connectivity index (χ0n) is 11.3. The molecule has 0 spiro atoms. The summed E-state index contributed by atoms with van der Waals surface area (Å²) < 4.78 is 13.7. The van der Waals surface area contributed by atoms with Gasteiger partial charge in [0.15, 0.2) is 5.65 Å². The summed E-state index contributed by atoms with van der Waals surface area (Å²) in [5.74, 6) is 0. The van der Waals surface area contributed by atoms with Crippen LogP contribution in [0.4, 0.5) is 0 Å². The Morgan fingerprint density at radius 3 is 2.47 bits per heavy atom. The second kappa shape index (κ2) is 3.94. The van der Waals surface area contributed by atoms with Crippen LogP contribution in [0.2, 0.25) is 5.15 Å². The summed E-state index contributed by atoms with van der Waals surface area (Å²) in [5.41, 5.74) is 0.708. The summed E-state index contributed by atoms with van der Waals surface area (Å²) in [6, 6.07) is 1.74. The van der Waals surface area contributed by atoms with E-state index in [0.717, 1.165) is 5.46 Å². The third-order valence-electron chi connectivity index (χ3n) is 3.86. The van der Waals surface area contributed by atoms with E-state index in [1.807, 2.05) is 27.7 Å². The van der Waals surface area contributed by atoms with Crippen LogP contribution in [0.3, 0.4) is 0 Å². The van der Waals surface area contributed by atoms with E-state index >= 15 is 0 Å². The van der Waals surface area contributed by atoms with Crippen LogP contribution in [0.5, 0.6) is 0 Å². The van der Waals surface area contributed by atoms with Crippen molar-refractivity contribution in [1.29, 1.82) is 0 Å². The Morgan fingerprint density at radius 2 is 1.84 bits per heavy atom. The van der Waals surface area contributed by atoms with Gasteiger partial charge < -0.3 is 9.31 Å². The van der Waals surface area contributed by atoms with E-state index in [0.29, 0.717) is 10.8 Å². The zero-order valence-corrected chi connectivity index (χ0v) is 12.1. The van der Waals surface area contributed by atoms with Crippen LogP contribution < -0.4 is 5.46 Å². The highest BCUT2D eigenvalue weighted by atomic mass is 35.5. The lowest BCUT2D eigenvalue weighted by Gasteiger charge is -2.32. The van der Waals surface area contributed by atoms with Crippen molar-refractivity contribution in [1.82, 2.24) is 14.6 Å². The third-order valence-corrected chi connectivity index (χ3v) is 4.05. The lowest BCUT2D eigenvalue weighted by Crippen LogP contribution is -2.41. The molecule has 1 aliphatic rings. The van der Waals surface area contributed by atoms with E-state index < -0.39 is 18.3 Å². The fraction of sp³-hybridized carbons (Fsp3) is 0.500. The van der Waals surface area contributed by atoms with E-state index in [-0.39, 0.29) is 0 Å². The molecule has 1 aliphatic heterocycles. The van der Waals surface area contributed by atoms with E-state index in [1.54, 1.807) is 23.0 Å². The highest BCUT2D eigenvalue weighted by Crippen LogP contribution is 2.36. The first-order chi connectivity index (χ1) is 8.80. The number of aromatic nitrogens is 3. The first kappa shape index (κ1) is 12.9. The quantitative estimate of drug-likeness (QED) is 0.745. The lowest BCUT2D eigenvalue weighted by molar-refractivity contribution is 0.00578. The molecule has 100 valence electrons. The first-order valence-electron chi connectivity index (χ1n) is 6.16. The van der Waals surface area contributed by atoms with Crippen LogP contribution in [0.1, 0.15) is 27.7 Å². The maximum atomic E-state index is 6.03. The van der Waals surface area contributed by atoms with Gasteiger partial charge in [-0.25, -0.2) is 9.50 Å². The van der Waals surface area contributed by atoms with Crippen molar-refractivity contribution in [2.45, 2.75) is 38.9 Å². The largest absolute Gasteiger partial charge is 0.498 e. The Labute approximate surface area is 117 Å². The van der Waals surface area contributed by atoms with Gasteiger partial charge in [0.2, 0.25) is 0 Å². The molecule has 0 amide bonds. The fourth-order valence-corrected chi connectivity index (χ4v) is 2.25. The van der Waals surface area contributed by atoms with Gasteiger partial charge in [0.25, 0.3) is 0 Å². The molecule has 1 fully saturated rings. The van der Waals surface area contributed by atoms with Crippen LogP contribution in [-0.2, 0) is 9.31 Å². The molecule has 0 bridgehead atoms. The minimum absolute atomic E-state index is 0.384. The molecule has 0 saturated carbocycles. The van der Waals surface area contributed by atoms with E-state index in [4.69, 9.17) is 20.9 Å². The van der Waals surface area contributed by atoms with Crippen molar-refractivity contribution in [3.63, 3.8) is 0 Å². The van der Waals surface area contributed by atoms with Crippen LogP contribution >= 0.6 is 11.6 Å². The zero-order chi connectivity index (χ0) is 13.8. The Hall–Kier alpha value is -1.11. The Morgan fingerprint density at radius 1 is 1.21 bits per heavy atom. The molecule has 1 saturated heterocycles. The topological polar surface area (TPSA) is 48.7 Å². The van der Waals surface area contributed by atoms with Gasteiger partial charge in [0.1, 0.15) is 5.15 Å². The summed E-state index contributed by atoms with van der Waals surface area (Å²) in [6.45, 7) is 8.05. The second-order valence-electron chi connectivity index (χ2n) is 5.71. The van der Waals surface area contributed by atoms with E-state index in [9.17, 15) is 0 Å². The van der Waals surface area contributed by atoms with Crippen molar-refractivity contribution in [3.8, 4) is 0 Å². The van der Waals surface area contributed by atoms with E-state index in [2.05, 4.69) is 10.1 Å². The minimum Gasteiger partial charge on any atom is -0.399 e. The molecular formula is C12H15BClN3O2. The third kappa shape index (κ3) is 1.95. The maximum absolute atomic E-state index is 6.03. The van der Waals surface area contributed by atoms with Gasteiger partial charge in [-0.2, -0.15) is 5.10 Å². The number of hydrogen-bond acceptors (Lipinski definition) is 4. The number of rotatable bonds is 1. The number of hydrogen-bond donors (Lipinski definition) is 0. The molecule has 0 aromatic carbocycles. The summed E-state index contributed by atoms with van der Waals surface area (Å²) in [5, 5.41) is 4.53. The molecule has 3 heterocycles. The predicted octanol–water partition coefficient (Wildman–Crippen LogP) is 1.68. The molecule has 0 N–H and O–H groups in total. The molecule has 2 aromatic rings. The second-order valence-corrected chi connectivity index (χ2v) is 6.09. The number of nitrogens with zero attached hydrogens (tertiary/aromatic N) is 3. The summed E-state index contributed by atoms with van der Waals surface area (Å²) in [7, 11) is -0.490. The summed E-state index contributed by atoms with van der Waals surface area (Å²) in [4.78, 5) is 4.28. The van der Waals surface area contributed by atoms with Gasteiger partial charge in [-0.3, -0.25) is 0 Å². The van der Waals surface area contributed by atoms with Crippen molar-refractivity contribution in [2.75, 3.05) is 0 Å². The molecule has 3 rings (SSSR count). The molecule has 0 radical (unpaired) electrons. The van der Waals surface area contributed by atoms with Crippen molar-refractivity contribution in [3.05, 3.63) is 23.6 Å². The summed E-state index contributed by atoms with van der Waals surface area (Å²) >= 11 is 6.03. The van der Waals surface area contributed by atoms with Gasteiger partial charge in [0.05, 0.1) is 11.2 Å². The average Bonchev–Trinajstić information content (AvgIpc) is 2.80. The molecule has 0 atom stereocenters. The Bertz CT molecular complexity index is 625. The van der Waals surface area contributed by atoms with Crippen molar-refractivity contribution < 1.29 is 9.31 Å². The molecule has 19 heavy (non-hydrogen) atoms. The number of imidazole rings is 1. The van der Waals surface area contributed by atoms with Crippen LogP contribution in [0.25, 0.3) is 5.65 Å². The normalized spacial score (nSPS) is 21.2. The molecule has 0 unspecified atom stereocenters. The van der Waals surface area contributed by atoms with Crippen LogP contribution in [0, 0.1) is 0 Å². The molecule has 5 nitrogen and oxygen atoms in total. The molecule has 7 heteroatoms. The van der Waals surface area contributed by atoms with Gasteiger partial charge in [0, 0.05) is 17.9 Å². The van der Waals surface area contributed by atoms with Gasteiger partial charge >= 0.3 is 7.12 Å². The first-order valence-corrected chi connectivity index (χ1v) is 6.53. The highest BCUT2D eigenvalue weighted by molar-refractivity contribution is 6.64. The lowest BCUT2D eigenvalue weighted by atomic mass is 9.80. The smallest absolute Gasteiger partial charge is 0.399 e. The Balaban J connectivity index is 2.09. The summed E-state index contributed by atoms with van der Waals surface area (Å²) in [6.07, 6.45) is 3.42. The number of halogens is 1. The maximum Gasteiger partial charge on any atom is 0.498 e. The fourth-order valence-electron chi connectivity index (χ4n) is 2.05. The SMILES string of the molecule is CC1(C)OB(c2cc(Cl)nn3ccnc23)OC1(C)C. The van der Waals surface area contributed by atoms with E-state index in [1.165, 1.54) is 0 Å². The van der Waals surface area contributed by atoms with Gasteiger partial charge in [-0.1, -0.05) is 11.6 Å². The molecule has 0 aliphatic carbocycles. The van der Waals surface area contributed by atoms with Gasteiger partial charge in [-0.05, 0) is 33.8 Å². The predicted molar refractivity (Wildman–Crippen MR) is 73.7 cm³/mol. The molecular weight excluding hydrogens is 264 g/mol. The minimum atomic E-state index is -0.490. The highest BCUT2D eigenvalue weighted by Gasteiger charge is 2.52.